The summed E-state index contributed by atoms with van der Waals surface area (Å²) in [6.07, 6.45) is 0. The van der Waals surface area contributed by atoms with E-state index in [9.17, 15) is 0 Å². The van der Waals surface area contributed by atoms with Crippen LogP contribution in [0.25, 0.3) is 76.2 Å². The van der Waals surface area contributed by atoms with Crippen molar-refractivity contribution in [3.05, 3.63) is 200 Å². The summed E-state index contributed by atoms with van der Waals surface area (Å²) in [6, 6.07) is 72.3. The van der Waals surface area contributed by atoms with Gasteiger partial charge in [0.15, 0.2) is 0 Å². The number of hydrogen-bond donors (Lipinski definition) is 0. The fraction of sp³-hybridized carbons (Fsp3) is 0.0690. The van der Waals surface area contributed by atoms with Gasteiger partial charge >= 0.3 is 0 Å². The molecule has 5 heteroatoms. The van der Waals surface area contributed by atoms with E-state index in [1.165, 1.54) is 98.3 Å². The van der Waals surface area contributed by atoms with Crippen molar-refractivity contribution < 1.29 is 0 Å². The van der Waals surface area contributed by atoms with Crippen molar-refractivity contribution in [1.82, 2.24) is 8.80 Å². The second kappa shape index (κ2) is 13.2. The third-order valence-electron chi connectivity index (χ3n) is 13.6. The number of fused-ring (bicyclic) bond motifs is 12. The van der Waals surface area contributed by atoms with E-state index in [1.54, 1.807) is 0 Å². The van der Waals surface area contributed by atoms with Gasteiger partial charge in [-0.15, -0.1) is 0 Å². The SMILES string of the molecule is Cc1ccc(N(c2ccccc2)c2ccc3c4cc5c(cc4n4c6ccccc6c2c34)c2ccc(N(c3ccccc3)c3ccc([Si](C)(C)C)cc3)c3c4ccccc4n5c23)cc1. The molecule has 63 heavy (non-hydrogen) atoms. The highest BCUT2D eigenvalue weighted by molar-refractivity contribution is 6.88. The van der Waals surface area contributed by atoms with Crippen molar-refractivity contribution >= 4 is 124 Å². The minimum Gasteiger partial charge on any atom is -0.310 e. The van der Waals surface area contributed by atoms with Crippen molar-refractivity contribution in [2.45, 2.75) is 26.6 Å². The molecule has 0 aliphatic heterocycles. The van der Waals surface area contributed by atoms with E-state index in [2.05, 4.69) is 239 Å². The van der Waals surface area contributed by atoms with Crippen molar-refractivity contribution in [2.24, 2.45) is 0 Å². The van der Waals surface area contributed by atoms with Gasteiger partial charge in [-0.25, -0.2) is 0 Å². The number of hydrogen-bond acceptors (Lipinski definition) is 2. The molecule has 0 aliphatic carbocycles. The van der Waals surface area contributed by atoms with E-state index in [-0.39, 0.29) is 0 Å². The number of para-hydroxylation sites is 4. The van der Waals surface area contributed by atoms with Crippen molar-refractivity contribution in [3.63, 3.8) is 0 Å². The zero-order chi connectivity index (χ0) is 42.1. The summed E-state index contributed by atoms with van der Waals surface area (Å²) in [6.45, 7) is 9.40. The first-order chi connectivity index (χ1) is 30.8. The first-order valence-corrected chi connectivity index (χ1v) is 25.5. The van der Waals surface area contributed by atoms with Gasteiger partial charge in [0.2, 0.25) is 0 Å². The predicted octanol–water partition coefficient (Wildman–Crippen LogP) is 15.8. The molecule has 4 aromatic heterocycles. The molecule has 4 nitrogen and oxygen atoms in total. The monoisotopic (exact) mass is 824 g/mol. The zero-order valence-corrected chi connectivity index (χ0v) is 36.8. The molecular formula is C58H44N4Si. The normalized spacial score (nSPS) is 12.4. The fourth-order valence-electron chi connectivity index (χ4n) is 10.7. The quantitative estimate of drug-likeness (QED) is 0.149. The van der Waals surface area contributed by atoms with E-state index in [0.717, 1.165) is 22.7 Å². The Bertz CT molecular complexity index is 3880. The van der Waals surface area contributed by atoms with Crippen molar-refractivity contribution in [1.29, 1.82) is 0 Å². The van der Waals surface area contributed by atoms with Crippen LogP contribution in [0.5, 0.6) is 0 Å². The first kappa shape index (κ1) is 36.1. The Labute approximate surface area is 366 Å². The summed E-state index contributed by atoms with van der Waals surface area (Å²) in [7, 11) is -1.48. The number of aromatic nitrogens is 2. The van der Waals surface area contributed by atoms with Gasteiger partial charge in [0.05, 0.1) is 52.5 Å². The molecule has 13 rings (SSSR count). The van der Waals surface area contributed by atoms with E-state index in [4.69, 9.17) is 0 Å². The predicted molar refractivity (Wildman–Crippen MR) is 273 cm³/mol. The molecule has 0 amide bonds. The van der Waals surface area contributed by atoms with E-state index in [0.29, 0.717) is 0 Å². The van der Waals surface area contributed by atoms with Crippen LogP contribution in [0.1, 0.15) is 5.56 Å². The summed E-state index contributed by atoms with van der Waals surface area (Å²) in [4.78, 5) is 4.88. The third-order valence-corrected chi connectivity index (χ3v) is 15.6. The molecular weight excluding hydrogens is 781 g/mol. The number of anilines is 6. The van der Waals surface area contributed by atoms with Crippen LogP contribution in [0, 0.1) is 6.92 Å². The van der Waals surface area contributed by atoms with Gasteiger partial charge in [0.1, 0.15) is 0 Å². The van der Waals surface area contributed by atoms with Gasteiger partial charge in [0, 0.05) is 65.8 Å². The zero-order valence-electron chi connectivity index (χ0n) is 35.8. The molecule has 0 bridgehead atoms. The van der Waals surface area contributed by atoms with Gasteiger partial charge in [0.25, 0.3) is 0 Å². The van der Waals surface area contributed by atoms with Gasteiger partial charge < -0.3 is 18.6 Å². The standard InChI is InChI=1S/C58H44N4Si/c1-37-23-25-40(26-24-37)59(38-15-7-5-8-16-38)51-33-31-43-47-35-54-48(36-53(47)61-49-21-13-11-19-45(49)55(51)57(43)61)44-32-34-52(56-46-20-12-14-22-50(46)62(54)58(44)56)60(39-17-9-6-10-18-39)41-27-29-42(30-28-41)63(2,3)4/h5-36H,1-4H3. The Kier molecular flexibility index (Phi) is 7.56. The molecule has 0 spiro atoms. The second-order valence-corrected chi connectivity index (χ2v) is 23.4. The van der Waals surface area contributed by atoms with Crippen LogP contribution in [-0.4, -0.2) is 16.9 Å². The largest absolute Gasteiger partial charge is 0.310 e. The lowest BCUT2D eigenvalue weighted by molar-refractivity contribution is 1.29. The maximum absolute atomic E-state index is 2.54. The highest BCUT2D eigenvalue weighted by Crippen LogP contribution is 2.51. The molecule has 0 saturated carbocycles. The van der Waals surface area contributed by atoms with Crippen LogP contribution in [0.15, 0.2) is 194 Å². The topological polar surface area (TPSA) is 15.3 Å². The van der Waals surface area contributed by atoms with Crippen LogP contribution in [0.3, 0.4) is 0 Å². The number of aryl methyl sites for hydroxylation is 1. The molecule has 300 valence electrons. The first-order valence-electron chi connectivity index (χ1n) is 22.0. The Morgan fingerprint density at radius 2 is 0.746 bits per heavy atom. The van der Waals surface area contributed by atoms with E-state index >= 15 is 0 Å². The highest BCUT2D eigenvalue weighted by Gasteiger charge is 2.28. The third kappa shape index (κ3) is 5.14. The Morgan fingerprint density at radius 1 is 0.349 bits per heavy atom. The smallest absolute Gasteiger partial charge is 0.0775 e. The molecule has 9 aromatic carbocycles. The number of nitrogens with zero attached hydrogens (tertiary/aromatic N) is 4. The highest BCUT2D eigenvalue weighted by atomic mass is 28.3. The summed E-state index contributed by atoms with van der Waals surface area (Å²) in [5.74, 6) is 0. The lowest BCUT2D eigenvalue weighted by Crippen LogP contribution is -2.37. The maximum atomic E-state index is 2.54. The van der Waals surface area contributed by atoms with Crippen LogP contribution < -0.4 is 15.0 Å². The van der Waals surface area contributed by atoms with Gasteiger partial charge in [-0.2, -0.15) is 0 Å². The Hall–Kier alpha value is -7.60. The maximum Gasteiger partial charge on any atom is 0.0775 e. The average molecular weight is 825 g/mol. The Balaban J connectivity index is 1.10. The van der Waals surface area contributed by atoms with Crippen molar-refractivity contribution in [2.75, 3.05) is 9.80 Å². The number of rotatable bonds is 7. The molecule has 0 saturated heterocycles. The van der Waals surface area contributed by atoms with Crippen LogP contribution >= 0.6 is 0 Å². The lowest BCUT2D eigenvalue weighted by Gasteiger charge is -2.27. The molecule has 0 fully saturated rings. The molecule has 4 heterocycles. The fourth-order valence-corrected chi connectivity index (χ4v) is 11.8. The van der Waals surface area contributed by atoms with Gasteiger partial charge in [-0.05, 0) is 91.9 Å². The molecule has 0 N–H and O–H groups in total. The summed E-state index contributed by atoms with van der Waals surface area (Å²) < 4.78 is 5.08. The van der Waals surface area contributed by atoms with Gasteiger partial charge in [-0.3, -0.25) is 0 Å². The van der Waals surface area contributed by atoms with E-state index < -0.39 is 8.07 Å². The molecule has 13 aromatic rings. The summed E-state index contributed by atoms with van der Waals surface area (Å²) in [5.41, 5.74) is 15.6. The Morgan fingerprint density at radius 3 is 1.19 bits per heavy atom. The van der Waals surface area contributed by atoms with Crippen LogP contribution in [0.2, 0.25) is 19.6 Å². The van der Waals surface area contributed by atoms with Crippen LogP contribution in [0.4, 0.5) is 34.1 Å². The average Bonchev–Trinajstić information content (AvgIpc) is 4.04. The van der Waals surface area contributed by atoms with Crippen LogP contribution in [-0.2, 0) is 0 Å². The summed E-state index contributed by atoms with van der Waals surface area (Å²) >= 11 is 0. The molecule has 0 unspecified atom stereocenters. The van der Waals surface area contributed by atoms with Crippen molar-refractivity contribution in [3.8, 4) is 0 Å². The molecule has 0 aliphatic rings. The van der Waals surface area contributed by atoms with E-state index in [1.807, 2.05) is 0 Å². The lowest BCUT2D eigenvalue weighted by atomic mass is 10.0. The molecule has 0 radical (unpaired) electrons. The summed E-state index contributed by atoms with van der Waals surface area (Å²) in [5, 5.41) is 11.6. The number of benzene rings is 9. The molecule has 0 atom stereocenters. The van der Waals surface area contributed by atoms with Gasteiger partial charge in [-0.1, -0.05) is 140 Å². The minimum absolute atomic E-state index is 1.14. The minimum atomic E-state index is -1.48. The second-order valence-electron chi connectivity index (χ2n) is 18.3.